The zero-order valence-corrected chi connectivity index (χ0v) is 6.57. The summed E-state index contributed by atoms with van der Waals surface area (Å²) in [7, 11) is 0. The summed E-state index contributed by atoms with van der Waals surface area (Å²) in [6, 6.07) is 0. The quantitative estimate of drug-likeness (QED) is 0.601. The molecule has 0 saturated heterocycles. The van der Waals surface area contributed by atoms with E-state index in [0.29, 0.717) is 0 Å². The van der Waals surface area contributed by atoms with Gasteiger partial charge in [-0.3, -0.25) is 4.79 Å². The van der Waals surface area contributed by atoms with Crippen molar-refractivity contribution in [2.45, 2.75) is 19.8 Å². The average Bonchev–Trinajstić information content (AvgIpc) is 1.83. The Morgan fingerprint density at radius 3 is 2.75 bits per heavy atom. The van der Waals surface area contributed by atoms with E-state index >= 15 is 0 Å². The fraction of sp³-hybridized carbons (Fsp3) is 0.833. The molecule has 0 bridgehead atoms. The van der Waals surface area contributed by atoms with E-state index in [1.165, 1.54) is 0 Å². The lowest BCUT2D eigenvalue weighted by Gasteiger charge is -1.96. The van der Waals surface area contributed by atoms with Crippen molar-refractivity contribution in [3.8, 4) is 0 Å². The average molecular weight is 178 g/mol. The van der Waals surface area contributed by atoms with Gasteiger partial charge in [0, 0.05) is 11.2 Å². The predicted molar refractivity (Wildman–Crippen MR) is 37.9 cm³/mol. The highest BCUT2D eigenvalue weighted by Gasteiger charge is 1.97. The second kappa shape index (κ2) is 5.29. The van der Waals surface area contributed by atoms with Crippen molar-refractivity contribution in [2.75, 3.05) is 5.33 Å². The molecular formula is C6H10BrO. The van der Waals surface area contributed by atoms with Gasteiger partial charge < -0.3 is 0 Å². The molecule has 0 saturated carbocycles. The van der Waals surface area contributed by atoms with Crippen molar-refractivity contribution >= 4 is 22.2 Å². The maximum atomic E-state index is 9.87. The second-order valence-electron chi connectivity index (χ2n) is 1.85. The Morgan fingerprint density at radius 2 is 2.38 bits per heavy atom. The second-order valence-corrected chi connectivity index (χ2v) is 2.64. The first-order valence-electron chi connectivity index (χ1n) is 2.75. The van der Waals surface area contributed by atoms with Gasteiger partial charge in [-0.1, -0.05) is 22.9 Å². The Bertz CT molecular complexity index is 63.5. The van der Waals surface area contributed by atoms with E-state index < -0.39 is 0 Å². The third kappa shape index (κ3) is 4.31. The maximum Gasteiger partial charge on any atom is 0.201 e. The molecule has 0 aromatic rings. The van der Waals surface area contributed by atoms with Crippen LogP contribution in [0, 0.1) is 5.92 Å². The lowest BCUT2D eigenvalue weighted by molar-refractivity contribution is 0.518. The third-order valence-electron chi connectivity index (χ3n) is 0.972. The summed E-state index contributed by atoms with van der Waals surface area (Å²) < 4.78 is 0. The molecule has 0 aliphatic heterocycles. The fourth-order valence-electron chi connectivity index (χ4n) is 0.442. The van der Waals surface area contributed by atoms with Crippen molar-refractivity contribution in [3.63, 3.8) is 0 Å². The molecule has 0 aliphatic carbocycles. The van der Waals surface area contributed by atoms with Gasteiger partial charge in [0.2, 0.25) is 6.29 Å². The van der Waals surface area contributed by atoms with Gasteiger partial charge in [0.15, 0.2) is 0 Å². The molecule has 1 radical (unpaired) electrons. The monoisotopic (exact) mass is 177 g/mol. The largest absolute Gasteiger partial charge is 0.291 e. The maximum absolute atomic E-state index is 9.87. The lowest BCUT2D eigenvalue weighted by atomic mass is 10.1. The summed E-state index contributed by atoms with van der Waals surface area (Å²) in [5.41, 5.74) is 0. The van der Waals surface area contributed by atoms with E-state index in [2.05, 4.69) is 15.9 Å². The van der Waals surface area contributed by atoms with Gasteiger partial charge in [0.25, 0.3) is 0 Å². The summed E-state index contributed by atoms with van der Waals surface area (Å²) >= 11 is 3.28. The minimum absolute atomic E-state index is 0.118. The number of hydrogen-bond acceptors (Lipinski definition) is 1. The van der Waals surface area contributed by atoms with E-state index in [1.54, 1.807) is 0 Å². The molecular weight excluding hydrogens is 168 g/mol. The zero-order chi connectivity index (χ0) is 6.41. The fourth-order valence-corrected chi connectivity index (χ4v) is 0.766. The summed E-state index contributed by atoms with van der Waals surface area (Å²) in [6.07, 6.45) is 3.95. The number of halogens is 1. The minimum atomic E-state index is 0.118. The first-order valence-corrected chi connectivity index (χ1v) is 3.87. The van der Waals surface area contributed by atoms with E-state index in [1.807, 2.05) is 13.2 Å². The molecule has 1 nitrogen and oxygen atoms in total. The van der Waals surface area contributed by atoms with Crippen molar-refractivity contribution < 1.29 is 4.79 Å². The van der Waals surface area contributed by atoms with Crippen LogP contribution in [0.5, 0.6) is 0 Å². The van der Waals surface area contributed by atoms with Gasteiger partial charge in [-0.2, -0.15) is 0 Å². The Labute approximate surface area is 58.6 Å². The zero-order valence-electron chi connectivity index (χ0n) is 4.98. The van der Waals surface area contributed by atoms with Crippen LogP contribution in [0.2, 0.25) is 0 Å². The number of carbonyl (C=O) groups excluding carboxylic acids is 1. The summed E-state index contributed by atoms with van der Waals surface area (Å²) in [6.45, 7) is 1.88. The molecule has 0 N–H and O–H groups in total. The van der Waals surface area contributed by atoms with Gasteiger partial charge in [0.05, 0.1) is 0 Å². The highest BCUT2D eigenvalue weighted by molar-refractivity contribution is 9.09. The number of hydrogen-bond donors (Lipinski definition) is 0. The summed E-state index contributed by atoms with van der Waals surface area (Å²) in [4.78, 5) is 9.87. The van der Waals surface area contributed by atoms with Crippen LogP contribution in [0.15, 0.2) is 0 Å². The lowest BCUT2D eigenvalue weighted by Crippen LogP contribution is -1.94. The summed E-state index contributed by atoms with van der Waals surface area (Å²) in [5, 5.41) is 0.985. The number of rotatable bonds is 4. The van der Waals surface area contributed by atoms with Crippen LogP contribution in [-0.4, -0.2) is 11.6 Å². The Kier molecular flexibility index (Phi) is 5.39. The third-order valence-corrected chi connectivity index (χ3v) is 1.53. The van der Waals surface area contributed by atoms with Crippen LogP contribution in [0.3, 0.4) is 0 Å². The molecule has 0 aromatic heterocycles. The molecule has 0 fully saturated rings. The predicted octanol–water partition coefficient (Wildman–Crippen LogP) is 1.91. The molecule has 1 unspecified atom stereocenters. The van der Waals surface area contributed by atoms with E-state index in [0.717, 1.165) is 18.2 Å². The van der Waals surface area contributed by atoms with Crippen LogP contribution in [0.4, 0.5) is 0 Å². The van der Waals surface area contributed by atoms with Gasteiger partial charge in [-0.15, -0.1) is 0 Å². The standard InChI is InChI=1S/C6H10BrO/c1-6(5-8)3-2-4-7/h6H,2-4H2,1H3. The van der Waals surface area contributed by atoms with Crippen LogP contribution in [-0.2, 0) is 4.79 Å². The van der Waals surface area contributed by atoms with Crippen LogP contribution in [0.25, 0.3) is 0 Å². The van der Waals surface area contributed by atoms with Crippen LogP contribution in [0.1, 0.15) is 19.8 Å². The Hall–Kier alpha value is 0.150. The van der Waals surface area contributed by atoms with Crippen molar-refractivity contribution in [3.05, 3.63) is 0 Å². The smallest absolute Gasteiger partial charge is 0.201 e. The first kappa shape index (κ1) is 8.15. The Morgan fingerprint density at radius 1 is 1.75 bits per heavy atom. The molecule has 0 amide bonds. The van der Waals surface area contributed by atoms with Crippen molar-refractivity contribution in [1.29, 1.82) is 0 Å². The SMILES string of the molecule is CC([C]=O)CCCBr. The molecule has 0 heterocycles. The highest BCUT2D eigenvalue weighted by Crippen LogP contribution is 2.02. The van der Waals surface area contributed by atoms with Crippen molar-refractivity contribution in [2.24, 2.45) is 5.92 Å². The van der Waals surface area contributed by atoms with Gasteiger partial charge in [0.1, 0.15) is 0 Å². The van der Waals surface area contributed by atoms with Crippen LogP contribution >= 0.6 is 15.9 Å². The number of alkyl halides is 1. The molecule has 47 valence electrons. The Balaban J connectivity index is 2.98. The first-order chi connectivity index (χ1) is 3.81. The highest BCUT2D eigenvalue weighted by atomic mass is 79.9. The van der Waals surface area contributed by atoms with Crippen LogP contribution < -0.4 is 0 Å². The van der Waals surface area contributed by atoms with E-state index in [4.69, 9.17) is 0 Å². The summed E-state index contributed by atoms with van der Waals surface area (Å²) in [5.74, 6) is 0.118. The molecule has 2 heteroatoms. The van der Waals surface area contributed by atoms with Crippen molar-refractivity contribution in [1.82, 2.24) is 0 Å². The molecule has 1 atom stereocenters. The van der Waals surface area contributed by atoms with Gasteiger partial charge in [-0.05, 0) is 12.8 Å². The molecule has 0 aromatic carbocycles. The molecule has 8 heavy (non-hydrogen) atoms. The molecule has 0 aliphatic rings. The molecule has 0 spiro atoms. The van der Waals surface area contributed by atoms with E-state index in [9.17, 15) is 4.79 Å². The van der Waals surface area contributed by atoms with Gasteiger partial charge >= 0.3 is 0 Å². The normalized spacial score (nSPS) is 13.2. The topological polar surface area (TPSA) is 17.1 Å². The van der Waals surface area contributed by atoms with Gasteiger partial charge in [-0.25, -0.2) is 0 Å². The molecule has 0 rings (SSSR count). The minimum Gasteiger partial charge on any atom is -0.291 e. The van der Waals surface area contributed by atoms with E-state index in [-0.39, 0.29) is 5.92 Å².